The highest BCUT2D eigenvalue weighted by molar-refractivity contribution is 9.10. The first-order chi connectivity index (χ1) is 24.4. The number of para-hydroxylation sites is 1. The molecule has 250 valence electrons. The summed E-state index contributed by atoms with van der Waals surface area (Å²) in [6.45, 7) is 0.623. The molecule has 0 aromatic heterocycles. The van der Waals surface area contributed by atoms with Crippen LogP contribution in [0.2, 0.25) is 0 Å². The number of aliphatic carboxylic acids is 1. The van der Waals surface area contributed by atoms with E-state index in [4.69, 9.17) is 14.2 Å². The number of carbonyl (C=O) groups excluding carboxylic acids is 1. The summed E-state index contributed by atoms with van der Waals surface area (Å²) in [6.07, 6.45) is 0.102. The molecule has 2 N–H and O–H groups in total. The summed E-state index contributed by atoms with van der Waals surface area (Å²) in [5, 5.41) is 12.7. The van der Waals surface area contributed by atoms with Crippen molar-refractivity contribution in [1.82, 2.24) is 5.32 Å². The van der Waals surface area contributed by atoms with Gasteiger partial charge in [-0.25, -0.2) is 4.79 Å². The molecule has 0 saturated heterocycles. The Labute approximate surface area is 299 Å². The Balaban J connectivity index is 1.07. The molecule has 0 aliphatic heterocycles. The predicted molar refractivity (Wildman–Crippen MR) is 197 cm³/mol. The van der Waals surface area contributed by atoms with E-state index in [9.17, 15) is 14.7 Å². The molecule has 7 nitrogen and oxygen atoms in total. The lowest BCUT2D eigenvalue weighted by molar-refractivity contribution is -0.139. The number of ether oxygens (including phenoxy) is 3. The van der Waals surface area contributed by atoms with Gasteiger partial charge < -0.3 is 24.6 Å². The molecule has 6 rings (SSSR count). The second-order valence-corrected chi connectivity index (χ2v) is 12.5. The summed E-state index contributed by atoms with van der Waals surface area (Å²) in [7, 11) is 0. The van der Waals surface area contributed by atoms with Crippen molar-refractivity contribution in [1.29, 1.82) is 0 Å². The molecule has 0 fully saturated rings. The Morgan fingerprint density at radius 3 is 1.90 bits per heavy atom. The molecule has 6 aromatic rings. The molecule has 0 saturated carbocycles. The number of halogens is 1. The topological polar surface area (TPSA) is 94.1 Å². The highest BCUT2D eigenvalue weighted by atomic mass is 79.9. The predicted octanol–water partition coefficient (Wildman–Crippen LogP) is 9.49. The lowest BCUT2D eigenvalue weighted by atomic mass is 10.0. The zero-order valence-corrected chi connectivity index (χ0v) is 28.6. The van der Waals surface area contributed by atoms with Gasteiger partial charge in [-0.15, -0.1) is 0 Å². The maximum Gasteiger partial charge on any atom is 0.326 e. The molecule has 1 atom stereocenters. The van der Waals surface area contributed by atoms with E-state index >= 15 is 0 Å². The third-order valence-corrected chi connectivity index (χ3v) is 8.38. The van der Waals surface area contributed by atoms with E-state index in [1.54, 1.807) is 18.2 Å². The highest BCUT2D eigenvalue weighted by Crippen LogP contribution is 2.28. The second kappa shape index (κ2) is 16.5. The SMILES string of the molecule is O=C(N[C@@H](Cc1ccc(-c2ccc(Oc3ccccc3)cc2)cc1)C(=O)O)c1cc(Br)ccc1OCc1cccc(OCc2ccccc2)c1. The molecule has 6 aromatic carbocycles. The second-order valence-electron chi connectivity index (χ2n) is 11.6. The van der Waals surface area contributed by atoms with Crippen molar-refractivity contribution in [3.8, 4) is 34.1 Å². The fraction of sp³-hybridized carbons (Fsp3) is 0.0952. The summed E-state index contributed by atoms with van der Waals surface area (Å²) < 4.78 is 18.6. The summed E-state index contributed by atoms with van der Waals surface area (Å²) in [5.74, 6) is 0.834. The van der Waals surface area contributed by atoms with E-state index in [0.29, 0.717) is 22.6 Å². The molecular formula is C42H34BrNO6. The zero-order chi connectivity index (χ0) is 34.7. The molecule has 0 aliphatic rings. The van der Waals surface area contributed by atoms with Crippen LogP contribution in [0.25, 0.3) is 11.1 Å². The molecule has 0 heterocycles. The van der Waals surface area contributed by atoms with Gasteiger partial charge in [-0.1, -0.05) is 113 Å². The van der Waals surface area contributed by atoms with Crippen molar-refractivity contribution in [2.75, 3.05) is 0 Å². The van der Waals surface area contributed by atoms with Gasteiger partial charge in [0.05, 0.1) is 5.56 Å². The number of carboxylic acid groups (broad SMARTS) is 1. The molecule has 0 aliphatic carbocycles. The molecule has 0 bridgehead atoms. The molecule has 0 spiro atoms. The minimum absolute atomic E-state index is 0.102. The van der Waals surface area contributed by atoms with Gasteiger partial charge in [0.25, 0.3) is 5.91 Å². The van der Waals surface area contributed by atoms with Gasteiger partial charge in [-0.2, -0.15) is 0 Å². The lowest BCUT2D eigenvalue weighted by Crippen LogP contribution is -2.42. The van der Waals surface area contributed by atoms with Gasteiger partial charge in [0.15, 0.2) is 0 Å². The third kappa shape index (κ3) is 9.39. The number of hydrogen-bond donors (Lipinski definition) is 2. The largest absolute Gasteiger partial charge is 0.489 e. The number of carboxylic acids is 1. The highest BCUT2D eigenvalue weighted by Gasteiger charge is 2.23. The normalized spacial score (nSPS) is 11.3. The van der Waals surface area contributed by atoms with Gasteiger partial charge in [0, 0.05) is 10.9 Å². The van der Waals surface area contributed by atoms with Crippen LogP contribution in [-0.2, 0) is 24.4 Å². The van der Waals surface area contributed by atoms with Crippen LogP contribution in [-0.4, -0.2) is 23.0 Å². The van der Waals surface area contributed by atoms with Crippen molar-refractivity contribution in [3.63, 3.8) is 0 Å². The van der Waals surface area contributed by atoms with Crippen molar-refractivity contribution < 1.29 is 28.9 Å². The van der Waals surface area contributed by atoms with Gasteiger partial charge >= 0.3 is 5.97 Å². The van der Waals surface area contributed by atoms with Gasteiger partial charge in [-0.05, 0) is 82.4 Å². The van der Waals surface area contributed by atoms with Crippen LogP contribution in [0.5, 0.6) is 23.0 Å². The first-order valence-electron chi connectivity index (χ1n) is 16.0. The first kappa shape index (κ1) is 34.0. The average molecular weight is 729 g/mol. The van der Waals surface area contributed by atoms with Gasteiger partial charge in [-0.3, -0.25) is 4.79 Å². The number of carbonyl (C=O) groups is 2. The van der Waals surface area contributed by atoms with Crippen LogP contribution < -0.4 is 19.5 Å². The Morgan fingerprint density at radius 1 is 0.600 bits per heavy atom. The Hall–Kier alpha value is -5.86. The third-order valence-electron chi connectivity index (χ3n) is 7.89. The zero-order valence-electron chi connectivity index (χ0n) is 27.0. The number of amides is 1. The smallest absolute Gasteiger partial charge is 0.326 e. The van der Waals surface area contributed by atoms with E-state index in [1.165, 1.54) is 0 Å². The fourth-order valence-corrected chi connectivity index (χ4v) is 5.64. The van der Waals surface area contributed by atoms with E-state index in [1.807, 2.05) is 133 Å². The van der Waals surface area contributed by atoms with Crippen LogP contribution in [0.4, 0.5) is 0 Å². The number of rotatable bonds is 14. The minimum atomic E-state index is -1.16. The molecule has 50 heavy (non-hydrogen) atoms. The molecular weight excluding hydrogens is 694 g/mol. The molecule has 0 unspecified atom stereocenters. The Kier molecular flexibility index (Phi) is 11.2. The summed E-state index contributed by atoms with van der Waals surface area (Å²) in [6, 6.07) is 46.3. The monoisotopic (exact) mass is 727 g/mol. The van der Waals surface area contributed by atoms with Crippen molar-refractivity contribution in [2.45, 2.75) is 25.7 Å². The van der Waals surface area contributed by atoms with Crippen molar-refractivity contribution in [2.24, 2.45) is 0 Å². The molecule has 8 heteroatoms. The van der Waals surface area contributed by atoms with E-state index < -0.39 is 17.9 Å². The van der Waals surface area contributed by atoms with Crippen molar-refractivity contribution >= 4 is 27.8 Å². The van der Waals surface area contributed by atoms with Gasteiger partial charge in [0.2, 0.25) is 0 Å². The first-order valence-corrected chi connectivity index (χ1v) is 16.8. The number of nitrogens with one attached hydrogen (secondary N) is 1. The Morgan fingerprint density at radius 2 is 1.20 bits per heavy atom. The van der Waals surface area contributed by atoms with Crippen LogP contribution >= 0.6 is 15.9 Å². The van der Waals surface area contributed by atoms with E-state index in [2.05, 4.69) is 21.2 Å². The van der Waals surface area contributed by atoms with Crippen molar-refractivity contribution in [3.05, 3.63) is 178 Å². The van der Waals surface area contributed by atoms with Crippen LogP contribution in [0, 0.1) is 0 Å². The summed E-state index contributed by atoms with van der Waals surface area (Å²) in [4.78, 5) is 25.8. The quantitative estimate of drug-likeness (QED) is 0.116. The summed E-state index contributed by atoms with van der Waals surface area (Å²) in [5.41, 5.74) is 4.87. The minimum Gasteiger partial charge on any atom is -0.489 e. The van der Waals surface area contributed by atoms with Crippen LogP contribution in [0.3, 0.4) is 0 Å². The van der Waals surface area contributed by atoms with E-state index in [0.717, 1.165) is 39.3 Å². The number of hydrogen-bond acceptors (Lipinski definition) is 5. The standard InChI is InChI=1S/C42H34BrNO6/c43-34-20-23-40(49-28-31-10-7-13-37(24-31)48-27-30-8-3-1-4-9-30)38(26-34)41(45)44-39(42(46)47)25-29-14-16-32(17-15-29)33-18-21-36(22-19-33)50-35-11-5-2-6-12-35/h1-24,26,39H,25,27-28H2,(H,44,45)(H,46,47)/t39-/m0/s1. The van der Waals surface area contributed by atoms with Crippen LogP contribution in [0.1, 0.15) is 27.0 Å². The summed E-state index contributed by atoms with van der Waals surface area (Å²) >= 11 is 3.42. The molecule has 0 radical (unpaired) electrons. The van der Waals surface area contributed by atoms with E-state index in [-0.39, 0.29) is 18.6 Å². The fourth-order valence-electron chi connectivity index (χ4n) is 5.28. The Bertz CT molecular complexity index is 2030. The average Bonchev–Trinajstić information content (AvgIpc) is 3.15. The van der Waals surface area contributed by atoms with Gasteiger partial charge in [0.1, 0.15) is 42.3 Å². The lowest BCUT2D eigenvalue weighted by Gasteiger charge is -2.17. The van der Waals surface area contributed by atoms with Crippen LogP contribution in [0.15, 0.2) is 156 Å². The number of benzene rings is 6. The maximum absolute atomic E-state index is 13.5. The molecule has 1 amide bonds. The maximum atomic E-state index is 13.5.